The Morgan fingerprint density at radius 2 is 1.90 bits per heavy atom. The predicted octanol–water partition coefficient (Wildman–Crippen LogP) is 2.34. The van der Waals surface area contributed by atoms with E-state index in [0.717, 1.165) is 0 Å². The van der Waals surface area contributed by atoms with E-state index in [9.17, 15) is 4.79 Å². The Balaban J connectivity index is 4.19. The first-order chi connectivity index (χ1) is 4.54. The lowest BCUT2D eigenvalue weighted by atomic mass is 10.3. The molecule has 0 aromatic heterocycles. The molecule has 56 valence electrons. The number of hydrogen-bond acceptors (Lipinski definition) is 1. The van der Waals surface area contributed by atoms with E-state index in [1.54, 1.807) is 0 Å². The Labute approximate surface area is 68.7 Å². The third-order valence-electron chi connectivity index (χ3n) is 0.797. The van der Waals surface area contributed by atoms with E-state index < -0.39 is 5.97 Å². The van der Waals surface area contributed by atoms with E-state index in [4.69, 9.17) is 28.3 Å². The number of carboxylic acids is 1. The summed E-state index contributed by atoms with van der Waals surface area (Å²) in [6, 6.07) is 0. The van der Waals surface area contributed by atoms with Gasteiger partial charge in [-0.1, -0.05) is 23.2 Å². The van der Waals surface area contributed by atoms with E-state index in [1.165, 1.54) is 19.1 Å². The standard InChI is InChI=1S/C6H6Cl2O2/c1-4(6(9)10)2-3-5(7)8/h2-3H,1H3,(H,9,10). The summed E-state index contributed by atoms with van der Waals surface area (Å²) >= 11 is 10.4. The summed E-state index contributed by atoms with van der Waals surface area (Å²) in [4.78, 5) is 10.1. The first kappa shape index (κ1) is 9.53. The number of carbonyl (C=O) groups is 1. The van der Waals surface area contributed by atoms with E-state index in [0.29, 0.717) is 0 Å². The van der Waals surface area contributed by atoms with Crippen molar-refractivity contribution in [3.8, 4) is 0 Å². The number of rotatable bonds is 2. The molecule has 0 rings (SSSR count). The van der Waals surface area contributed by atoms with Crippen LogP contribution in [0.3, 0.4) is 0 Å². The van der Waals surface area contributed by atoms with Gasteiger partial charge in [-0.3, -0.25) is 0 Å². The summed E-state index contributed by atoms with van der Waals surface area (Å²) in [5.41, 5.74) is 0.193. The van der Waals surface area contributed by atoms with E-state index in [1.807, 2.05) is 0 Å². The fourth-order valence-electron chi connectivity index (χ4n) is 0.259. The van der Waals surface area contributed by atoms with Crippen LogP contribution in [0.5, 0.6) is 0 Å². The SMILES string of the molecule is CC(=CC=C(Cl)Cl)C(=O)O. The molecular formula is C6H6Cl2O2. The second-order valence-electron chi connectivity index (χ2n) is 1.61. The summed E-state index contributed by atoms with van der Waals surface area (Å²) in [5, 5.41) is 8.31. The van der Waals surface area contributed by atoms with Crippen LogP contribution in [0.4, 0.5) is 0 Å². The molecule has 0 heterocycles. The van der Waals surface area contributed by atoms with Crippen LogP contribution in [0.2, 0.25) is 0 Å². The molecule has 0 spiro atoms. The summed E-state index contributed by atoms with van der Waals surface area (Å²) in [7, 11) is 0. The van der Waals surface area contributed by atoms with Crippen LogP contribution in [-0.2, 0) is 4.79 Å². The number of halogens is 2. The Morgan fingerprint density at radius 1 is 1.40 bits per heavy atom. The monoisotopic (exact) mass is 180 g/mol. The van der Waals surface area contributed by atoms with Gasteiger partial charge in [0.1, 0.15) is 4.49 Å². The molecule has 0 aliphatic rings. The van der Waals surface area contributed by atoms with E-state index in [-0.39, 0.29) is 10.1 Å². The zero-order valence-corrected chi connectivity index (χ0v) is 6.78. The highest BCUT2D eigenvalue weighted by Gasteiger charge is 1.95. The molecular weight excluding hydrogens is 175 g/mol. The summed E-state index contributed by atoms with van der Waals surface area (Å²) < 4.78 is 0.0422. The Morgan fingerprint density at radius 3 is 2.20 bits per heavy atom. The van der Waals surface area contributed by atoms with Gasteiger partial charge in [0, 0.05) is 5.57 Å². The van der Waals surface area contributed by atoms with Crippen molar-refractivity contribution < 1.29 is 9.90 Å². The first-order valence-electron chi connectivity index (χ1n) is 2.47. The maximum Gasteiger partial charge on any atom is 0.331 e. The first-order valence-corrected chi connectivity index (χ1v) is 3.22. The second-order valence-corrected chi connectivity index (χ2v) is 2.62. The highest BCUT2D eigenvalue weighted by atomic mass is 35.5. The minimum absolute atomic E-state index is 0.0422. The topological polar surface area (TPSA) is 37.3 Å². The molecule has 0 unspecified atom stereocenters. The molecule has 0 saturated heterocycles. The average Bonchev–Trinajstić information content (AvgIpc) is 1.82. The molecule has 0 atom stereocenters. The van der Waals surface area contributed by atoms with Crippen LogP contribution in [-0.4, -0.2) is 11.1 Å². The van der Waals surface area contributed by atoms with Crippen LogP contribution >= 0.6 is 23.2 Å². The van der Waals surface area contributed by atoms with Crippen molar-refractivity contribution in [3.63, 3.8) is 0 Å². The molecule has 2 nitrogen and oxygen atoms in total. The maximum atomic E-state index is 10.1. The molecule has 0 amide bonds. The highest BCUT2D eigenvalue weighted by Crippen LogP contribution is 2.06. The van der Waals surface area contributed by atoms with E-state index >= 15 is 0 Å². The molecule has 0 saturated carbocycles. The minimum atomic E-state index is -0.981. The third kappa shape index (κ3) is 4.41. The Hall–Kier alpha value is -0.470. The fraction of sp³-hybridized carbons (Fsp3) is 0.167. The van der Waals surface area contributed by atoms with Gasteiger partial charge >= 0.3 is 5.97 Å². The largest absolute Gasteiger partial charge is 0.478 e. The molecule has 4 heteroatoms. The second kappa shape index (κ2) is 4.36. The quantitative estimate of drug-likeness (QED) is 0.524. The lowest BCUT2D eigenvalue weighted by molar-refractivity contribution is -0.132. The third-order valence-corrected chi connectivity index (χ3v) is 1.05. The highest BCUT2D eigenvalue weighted by molar-refractivity contribution is 6.56. The molecule has 0 bridgehead atoms. The smallest absolute Gasteiger partial charge is 0.331 e. The molecule has 10 heavy (non-hydrogen) atoms. The number of aliphatic carboxylic acids is 1. The molecule has 0 fully saturated rings. The van der Waals surface area contributed by atoms with Gasteiger partial charge in [-0.05, 0) is 19.1 Å². The van der Waals surface area contributed by atoms with Gasteiger partial charge < -0.3 is 5.11 Å². The van der Waals surface area contributed by atoms with Crippen molar-refractivity contribution in [1.29, 1.82) is 0 Å². The predicted molar refractivity (Wildman–Crippen MR) is 41.2 cm³/mol. The van der Waals surface area contributed by atoms with Crippen LogP contribution in [0.25, 0.3) is 0 Å². The van der Waals surface area contributed by atoms with Crippen molar-refractivity contribution in [2.24, 2.45) is 0 Å². The van der Waals surface area contributed by atoms with Crippen molar-refractivity contribution >= 4 is 29.2 Å². The molecule has 0 aliphatic heterocycles. The van der Waals surface area contributed by atoms with Gasteiger partial charge in [0.25, 0.3) is 0 Å². The molecule has 0 aliphatic carbocycles. The Bertz CT molecular complexity index is 190. The van der Waals surface area contributed by atoms with Crippen molar-refractivity contribution in [2.45, 2.75) is 6.92 Å². The van der Waals surface area contributed by atoms with Crippen LogP contribution < -0.4 is 0 Å². The van der Waals surface area contributed by atoms with Gasteiger partial charge in [-0.2, -0.15) is 0 Å². The maximum absolute atomic E-state index is 10.1. The zero-order valence-electron chi connectivity index (χ0n) is 5.27. The number of allylic oxidation sites excluding steroid dienone is 2. The van der Waals surface area contributed by atoms with Crippen molar-refractivity contribution in [3.05, 3.63) is 22.2 Å². The number of carboxylic acid groups (broad SMARTS) is 1. The van der Waals surface area contributed by atoms with Crippen LogP contribution in [0.1, 0.15) is 6.92 Å². The summed E-state index contributed by atoms with van der Waals surface area (Å²) in [5.74, 6) is -0.981. The summed E-state index contributed by atoms with van der Waals surface area (Å²) in [6.45, 7) is 1.45. The fourth-order valence-corrected chi connectivity index (χ4v) is 0.385. The zero-order chi connectivity index (χ0) is 8.15. The normalized spacial score (nSPS) is 10.9. The molecule has 0 radical (unpaired) electrons. The lowest BCUT2D eigenvalue weighted by Gasteiger charge is -1.86. The molecule has 0 aromatic carbocycles. The van der Waals surface area contributed by atoms with Gasteiger partial charge in [-0.25, -0.2) is 4.79 Å². The molecule has 1 N–H and O–H groups in total. The lowest BCUT2D eigenvalue weighted by Crippen LogP contribution is -1.94. The average molecular weight is 181 g/mol. The van der Waals surface area contributed by atoms with Crippen molar-refractivity contribution in [2.75, 3.05) is 0 Å². The van der Waals surface area contributed by atoms with Gasteiger partial charge in [-0.15, -0.1) is 0 Å². The van der Waals surface area contributed by atoms with Gasteiger partial charge in [0.15, 0.2) is 0 Å². The Kier molecular flexibility index (Phi) is 4.16. The van der Waals surface area contributed by atoms with Gasteiger partial charge in [0.2, 0.25) is 0 Å². The minimum Gasteiger partial charge on any atom is -0.478 e. The van der Waals surface area contributed by atoms with Crippen molar-refractivity contribution in [1.82, 2.24) is 0 Å². The summed E-state index contributed by atoms with van der Waals surface area (Å²) in [6.07, 6.45) is 2.64. The van der Waals surface area contributed by atoms with E-state index in [2.05, 4.69) is 0 Å². The van der Waals surface area contributed by atoms with Crippen LogP contribution in [0.15, 0.2) is 22.2 Å². The molecule has 0 aromatic rings. The van der Waals surface area contributed by atoms with Gasteiger partial charge in [0.05, 0.1) is 0 Å². The van der Waals surface area contributed by atoms with Crippen LogP contribution in [0, 0.1) is 0 Å². The number of hydrogen-bond donors (Lipinski definition) is 1.